The molecule has 2 aromatic rings. The van der Waals surface area contributed by atoms with Gasteiger partial charge in [-0.05, 0) is 24.3 Å². The zero-order valence-corrected chi connectivity index (χ0v) is 14.8. The molecule has 0 aromatic heterocycles. The van der Waals surface area contributed by atoms with Crippen molar-refractivity contribution in [3.8, 4) is 0 Å². The SMILES string of the molecule is O=S(=O)(CS(=O)(=O)OSc1ccccc1)OSc1ccccc1. The largest absolute Gasteiger partial charge is 0.295 e. The first-order chi connectivity index (χ1) is 10.9. The molecule has 2 rings (SSSR count). The number of hydrogen-bond acceptors (Lipinski definition) is 8. The van der Waals surface area contributed by atoms with E-state index >= 15 is 0 Å². The highest BCUT2D eigenvalue weighted by Crippen LogP contribution is 2.24. The van der Waals surface area contributed by atoms with Crippen molar-refractivity contribution in [3.63, 3.8) is 0 Å². The molecule has 0 heterocycles. The van der Waals surface area contributed by atoms with E-state index in [1.165, 1.54) is 0 Å². The van der Waals surface area contributed by atoms with Gasteiger partial charge in [0.15, 0.2) is 0 Å². The van der Waals surface area contributed by atoms with Crippen LogP contribution < -0.4 is 0 Å². The van der Waals surface area contributed by atoms with E-state index in [-0.39, 0.29) is 0 Å². The summed E-state index contributed by atoms with van der Waals surface area (Å²) >= 11 is 1.14. The fourth-order valence-electron chi connectivity index (χ4n) is 1.35. The molecule has 0 aliphatic heterocycles. The van der Waals surface area contributed by atoms with Gasteiger partial charge in [-0.1, -0.05) is 36.4 Å². The van der Waals surface area contributed by atoms with Crippen LogP contribution in [0.1, 0.15) is 0 Å². The molecule has 23 heavy (non-hydrogen) atoms. The molecule has 124 valence electrons. The predicted molar refractivity (Wildman–Crippen MR) is 89.5 cm³/mol. The normalized spacial score (nSPS) is 12.2. The Bertz CT molecular complexity index is 748. The molecule has 0 saturated heterocycles. The van der Waals surface area contributed by atoms with E-state index in [0.29, 0.717) is 33.9 Å². The maximum Gasteiger partial charge on any atom is 0.295 e. The van der Waals surface area contributed by atoms with Gasteiger partial charge in [-0.2, -0.15) is 24.1 Å². The number of rotatable bonds is 8. The quantitative estimate of drug-likeness (QED) is 0.634. The van der Waals surface area contributed by atoms with Crippen molar-refractivity contribution in [2.45, 2.75) is 9.79 Å². The first-order valence-electron chi connectivity index (χ1n) is 6.14. The molecule has 6 nitrogen and oxygen atoms in total. The molecule has 2 aromatic carbocycles. The van der Waals surface area contributed by atoms with Crippen molar-refractivity contribution in [1.82, 2.24) is 0 Å². The van der Waals surface area contributed by atoms with E-state index in [0.717, 1.165) is 0 Å². The van der Waals surface area contributed by atoms with Crippen molar-refractivity contribution in [2.75, 3.05) is 5.08 Å². The fraction of sp³-hybridized carbons (Fsp3) is 0.0769. The number of benzene rings is 2. The lowest BCUT2D eigenvalue weighted by molar-refractivity contribution is 0.507. The molecule has 0 spiro atoms. The minimum atomic E-state index is -4.31. The average Bonchev–Trinajstić information content (AvgIpc) is 2.52. The summed E-state index contributed by atoms with van der Waals surface area (Å²) in [5.74, 6) is 0. The highest BCUT2D eigenvalue weighted by atomic mass is 32.3. The third-order valence-electron chi connectivity index (χ3n) is 2.24. The van der Waals surface area contributed by atoms with Crippen LogP contribution in [0.2, 0.25) is 0 Å². The van der Waals surface area contributed by atoms with Crippen molar-refractivity contribution in [1.29, 1.82) is 0 Å². The molecule has 0 aliphatic carbocycles. The van der Waals surface area contributed by atoms with E-state index in [2.05, 4.69) is 7.26 Å². The highest BCUT2D eigenvalue weighted by Gasteiger charge is 2.25. The second-order valence-electron chi connectivity index (χ2n) is 4.16. The maximum atomic E-state index is 11.7. The van der Waals surface area contributed by atoms with Crippen LogP contribution in [0, 0.1) is 0 Å². The summed E-state index contributed by atoms with van der Waals surface area (Å²) < 4.78 is 56.1. The molecule has 0 bridgehead atoms. The van der Waals surface area contributed by atoms with Crippen LogP contribution in [0.15, 0.2) is 70.5 Å². The summed E-state index contributed by atoms with van der Waals surface area (Å²) in [4.78, 5) is 1.07. The Kier molecular flexibility index (Phi) is 6.50. The minimum absolute atomic E-state index is 0.535. The van der Waals surface area contributed by atoms with Gasteiger partial charge in [0, 0.05) is 33.9 Å². The molecule has 10 heteroatoms. The molecular formula is C13H12O6S4. The molecule has 0 fully saturated rings. The highest BCUT2D eigenvalue weighted by molar-refractivity contribution is 8.13. The zero-order chi connectivity index (χ0) is 16.8. The van der Waals surface area contributed by atoms with Gasteiger partial charge in [0.1, 0.15) is 0 Å². The third kappa shape index (κ3) is 6.94. The summed E-state index contributed by atoms with van der Waals surface area (Å²) in [7, 11) is -8.61. The lowest BCUT2D eigenvalue weighted by atomic mass is 10.4. The summed E-state index contributed by atoms with van der Waals surface area (Å²) in [6.45, 7) is 0. The van der Waals surface area contributed by atoms with Gasteiger partial charge in [-0.25, -0.2) is 0 Å². The van der Waals surface area contributed by atoms with Crippen molar-refractivity contribution in [2.24, 2.45) is 0 Å². The molecule has 0 unspecified atom stereocenters. The fourth-order valence-corrected chi connectivity index (χ4v) is 5.78. The average molecular weight is 393 g/mol. The van der Waals surface area contributed by atoms with Crippen molar-refractivity contribution in [3.05, 3.63) is 60.7 Å². The summed E-state index contributed by atoms with van der Waals surface area (Å²) in [6, 6.07) is 16.9. The molecular weight excluding hydrogens is 380 g/mol. The Morgan fingerprint density at radius 3 is 1.35 bits per heavy atom. The van der Waals surface area contributed by atoms with E-state index in [4.69, 9.17) is 0 Å². The van der Waals surface area contributed by atoms with Crippen LogP contribution in [0.3, 0.4) is 0 Å². The van der Waals surface area contributed by atoms with Crippen LogP contribution >= 0.6 is 24.1 Å². The van der Waals surface area contributed by atoms with E-state index in [1.807, 2.05) is 0 Å². The Labute approximate surface area is 143 Å². The molecule has 0 atom stereocenters. The third-order valence-corrected chi connectivity index (χ3v) is 7.68. The molecule has 0 amide bonds. The van der Waals surface area contributed by atoms with Crippen molar-refractivity contribution < 1.29 is 24.1 Å². The summed E-state index contributed by atoms with van der Waals surface area (Å²) in [5, 5.41) is -1.26. The Morgan fingerprint density at radius 1 is 0.652 bits per heavy atom. The standard InChI is InChI=1S/C13H12O6S4/c14-22(15,18-20-12-7-3-1-4-8-12)11-23(16,17)19-21-13-9-5-2-6-10-13/h1-10H,11H2. The Balaban J connectivity index is 1.90. The van der Waals surface area contributed by atoms with Gasteiger partial charge in [-0.15, -0.1) is 0 Å². The van der Waals surface area contributed by atoms with Gasteiger partial charge >= 0.3 is 0 Å². The lowest BCUT2D eigenvalue weighted by Gasteiger charge is -2.05. The van der Waals surface area contributed by atoms with E-state index < -0.39 is 25.3 Å². The van der Waals surface area contributed by atoms with Crippen LogP contribution in [-0.2, 0) is 27.5 Å². The monoisotopic (exact) mass is 392 g/mol. The zero-order valence-electron chi connectivity index (χ0n) is 11.6. The summed E-state index contributed by atoms with van der Waals surface area (Å²) in [5.41, 5.74) is 0. The molecule has 0 aliphatic rings. The molecule has 0 saturated carbocycles. The second-order valence-corrected chi connectivity index (χ2v) is 9.70. The Hall–Kier alpha value is -1.04. The van der Waals surface area contributed by atoms with Crippen LogP contribution in [0.4, 0.5) is 0 Å². The van der Waals surface area contributed by atoms with Crippen LogP contribution in [0.25, 0.3) is 0 Å². The topological polar surface area (TPSA) is 86.7 Å². The smallest absolute Gasteiger partial charge is 0.197 e. The Morgan fingerprint density at radius 2 is 1.00 bits per heavy atom. The van der Waals surface area contributed by atoms with Crippen LogP contribution in [0.5, 0.6) is 0 Å². The van der Waals surface area contributed by atoms with Crippen LogP contribution in [-0.4, -0.2) is 21.9 Å². The van der Waals surface area contributed by atoms with E-state index in [9.17, 15) is 16.8 Å². The first-order valence-corrected chi connectivity index (χ1v) is 10.8. The van der Waals surface area contributed by atoms with Crippen molar-refractivity contribution >= 4 is 44.3 Å². The van der Waals surface area contributed by atoms with Gasteiger partial charge in [0.2, 0.25) is 5.08 Å². The van der Waals surface area contributed by atoms with Gasteiger partial charge in [0.25, 0.3) is 20.2 Å². The minimum Gasteiger partial charge on any atom is -0.197 e. The lowest BCUT2D eigenvalue weighted by Crippen LogP contribution is -2.17. The number of hydrogen-bond donors (Lipinski definition) is 0. The predicted octanol–water partition coefficient (Wildman–Crippen LogP) is 3.05. The van der Waals surface area contributed by atoms with Gasteiger partial charge in [0.05, 0.1) is 0 Å². The van der Waals surface area contributed by atoms with E-state index in [1.54, 1.807) is 60.7 Å². The summed E-state index contributed by atoms with van der Waals surface area (Å²) in [6.07, 6.45) is 0. The second kappa shape index (κ2) is 8.18. The van der Waals surface area contributed by atoms with Gasteiger partial charge in [-0.3, -0.25) is 0 Å². The molecule has 0 N–H and O–H groups in total. The van der Waals surface area contributed by atoms with Gasteiger partial charge < -0.3 is 0 Å². The maximum absolute atomic E-state index is 11.7. The molecule has 0 radical (unpaired) electrons. The first kappa shape index (κ1) is 18.3.